The molecule has 31 nitrogen and oxygen atoms in total. The van der Waals surface area contributed by atoms with E-state index < -0.39 is 27.5 Å². The number of fused-ring (bicyclic) bond motifs is 4. The van der Waals surface area contributed by atoms with Gasteiger partial charge in [-0.25, -0.2) is 19.0 Å². The number of hydrogen-bond donors (Lipinski definition) is 5. The number of aromatic amines is 1. The van der Waals surface area contributed by atoms with Crippen LogP contribution < -0.4 is 51.6 Å². The number of rotatable bonds is 11. The van der Waals surface area contributed by atoms with Crippen molar-refractivity contribution in [1.82, 2.24) is 59.1 Å². The average Bonchev–Trinajstić information content (AvgIpc) is 1.52. The molecule has 0 bridgehead atoms. The molecule has 10 rings (SSSR count). The Balaban J connectivity index is 0.000000297. The molecule has 0 aliphatic carbocycles. The van der Waals surface area contributed by atoms with Gasteiger partial charge in [-0.05, 0) is 105 Å². The summed E-state index contributed by atoms with van der Waals surface area (Å²) in [6.07, 6.45) is 11.9. The molecule has 0 atom stereocenters. The van der Waals surface area contributed by atoms with E-state index in [9.17, 15) is 33.3 Å². The first-order valence-corrected chi connectivity index (χ1v) is 32.4. The fourth-order valence-corrected chi connectivity index (χ4v) is 8.13. The average molecular weight is 1410 g/mol. The number of carbonyl (C=O) groups is 2. The molecule has 8 heterocycles. The van der Waals surface area contributed by atoms with Crippen molar-refractivity contribution in [1.29, 1.82) is 0 Å². The van der Waals surface area contributed by atoms with Crippen molar-refractivity contribution in [2.75, 3.05) is 63.2 Å². The van der Waals surface area contributed by atoms with Gasteiger partial charge in [0, 0.05) is 112 Å². The Kier molecular flexibility index (Phi) is 31.6. The van der Waals surface area contributed by atoms with Gasteiger partial charge in [0.2, 0.25) is 0 Å². The zero-order valence-electron chi connectivity index (χ0n) is 51.8. The highest BCUT2D eigenvalue weighted by Crippen LogP contribution is 2.61. The summed E-state index contributed by atoms with van der Waals surface area (Å²) in [5, 5.41) is 19.5. The fraction of sp³-hybridized carbons (Fsp3) is 0.273. The summed E-state index contributed by atoms with van der Waals surface area (Å²) >= 11 is 19.7. The Morgan fingerprint density at radius 1 is 0.624 bits per heavy atom. The molecule has 7 aromatic heterocycles. The summed E-state index contributed by atoms with van der Waals surface area (Å²) in [5.41, 5.74) is 7.88. The topological polar surface area (TPSA) is 410 Å². The van der Waals surface area contributed by atoms with Crippen molar-refractivity contribution in [3.63, 3.8) is 0 Å². The standard InChI is InChI=1S/C19H22N4O3.C11H17BNO4.C8H6ClN3O.C8H7N3O2.C7H3NO3.C2H7N.Cl3OP.H2O4S/c1-22(2)11-15-16(25-4)8-12(9-17(15)26-5)18-13-6-7-20-10-14(13)19(24)23(3)21-18;1-13(2)7-9-10(15-3)5-8(17-12-14)6-11(9)16-4;1-12-8(13)6-4-10-3-2-5(6)7(9)11-12;1-11-8(13)6-4-9-3-2-5(6)7(12)10-11;9-6-4-1-2-8-3-5(4)7(10)11-6;1-2-3;2*1-5(2,3)4/h6-10H,11H2,1-5H3;5-6,14H,7H2,1-4H3;2-4H,1H3;2-4H,1H3,(H,10,12);1-3H;2-3H2,1H3;;(H2,1,2,3,4). The predicted octanol–water partition coefficient (Wildman–Crippen LogP) is 5.86. The molecular weight excluding hydrogens is 1350 g/mol. The largest absolute Gasteiger partial charge is 0.569 e. The lowest BCUT2D eigenvalue weighted by Crippen LogP contribution is -2.27. The number of aromatic nitrogens is 10. The third kappa shape index (κ3) is 24.5. The number of hydrogen-bond acceptors (Lipinski definition) is 25. The van der Waals surface area contributed by atoms with Crippen molar-refractivity contribution in [3.8, 4) is 40.0 Å². The van der Waals surface area contributed by atoms with Crippen LogP contribution in [0.1, 0.15) is 38.8 Å². The Morgan fingerprint density at radius 3 is 1.43 bits per heavy atom. The third-order valence-electron chi connectivity index (χ3n) is 11.6. The SMILES string of the molecule is CCN.COc1cc(-c2nn(C)c(=O)c3cnccc23)cc(OC)c1CN(C)C.COc1cc(O[B]O)cc(OC)c1CN(C)C.Cn1[nH]c(=O)c2ccncc2c1=O.Cn1nc(Cl)c2ccncc2c1=O.O=C1OC(=O)c2cnccc21.O=P(Cl)(Cl)Cl.O=S(=O)(O)O. The second-order valence-corrected chi connectivity index (χ2v) is 26.7. The van der Waals surface area contributed by atoms with Gasteiger partial charge < -0.3 is 48.9 Å². The number of aryl methyl sites for hydroxylation is 3. The van der Waals surface area contributed by atoms with E-state index in [2.05, 4.69) is 73.7 Å². The molecule has 2 aromatic carbocycles. The van der Waals surface area contributed by atoms with E-state index in [1.165, 1.54) is 59.5 Å². The van der Waals surface area contributed by atoms with Crippen LogP contribution in [-0.4, -0.2) is 164 Å². The van der Waals surface area contributed by atoms with Crippen LogP contribution in [0.3, 0.4) is 0 Å². The van der Waals surface area contributed by atoms with Crippen molar-refractivity contribution >= 4 is 113 Å². The van der Waals surface area contributed by atoms with E-state index in [1.54, 1.807) is 85.4 Å². The first kappa shape index (κ1) is 78.8. The van der Waals surface area contributed by atoms with Crippen LogP contribution >= 0.6 is 50.5 Å². The smallest absolute Gasteiger partial charge is 0.537 e. The Labute approximate surface area is 551 Å². The maximum Gasteiger partial charge on any atom is 0.569 e. The normalized spacial score (nSPS) is 11.1. The van der Waals surface area contributed by atoms with E-state index in [0.29, 0.717) is 92.9 Å². The lowest BCUT2D eigenvalue weighted by Gasteiger charge is -2.18. The van der Waals surface area contributed by atoms with E-state index in [4.69, 9.17) is 63.5 Å². The molecule has 1 radical (unpaired) electrons. The van der Waals surface area contributed by atoms with E-state index in [1.807, 2.05) is 57.0 Å². The van der Waals surface area contributed by atoms with Crippen LogP contribution in [0.5, 0.6) is 28.7 Å². The molecule has 1 aliphatic heterocycles. The van der Waals surface area contributed by atoms with Gasteiger partial charge in [-0.1, -0.05) is 18.5 Å². The lowest BCUT2D eigenvalue weighted by molar-refractivity contribution is 0.0443. The Bertz CT molecular complexity index is 4370. The molecular formula is C55H64BCl4N13O18PS. The lowest BCUT2D eigenvalue weighted by atomic mass is 10.0. The summed E-state index contributed by atoms with van der Waals surface area (Å²) < 4.78 is 75.8. The second kappa shape index (κ2) is 37.3. The highest BCUT2D eigenvalue weighted by atomic mass is 36.0. The number of pyridine rings is 4. The van der Waals surface area contributed by atoms with Gasteiger partial charge in [0.05, 0.1) is 77.9 Å². The van der Waals surface area contributed by atoms with Crippen LogP contribution in [0.15, 0.2) is 117 Å². The van der Waals surface area contributed by atoms with Gasteiger partial charge in [0.15, 0.2) is 5.15 Å². The minimum Gasteiger partial charge on any atom is -0.537 e. The summed E-state index contributed by atoms with van der Waals surface area (Å²) in [6, 6.07) is 13.7. The fourth-order valence-electron chi connectivity index (χ4n) is 7.85. The Morgan fingerprint density at radius 2 is 1.00 bits per heavy atom. The molecule has 0 spiro atoms. The van der Waals surface area contributed by atoms with Crippen molar-refractivity contribution in [2.24, 2.45) is 26.9 Å². The van der Waals surface area contributed by atoms with Crippen LogP contribution in [-0.2, 0) is 53.9 Å². The minimum atomic E-state index is -4.67. The summed E-state index contributed by atoms with van der Waals surface area (Å²) in [5.74, 6) is 2.01. The maximum absolute atomic E-state index is 12.3. The Hall–Kier alpha value is -8.44. The first-order valence-electron chi connectivity index (χ1n) is 26.2. The number of nitrogens with two attached hydrogens (primary N) is 1. The number of halogens is 4. The monoisotopic (exact) mass is 1410 g/mol. The number of H-pyrrole nitrogens is 1. The molecule has 0 saturated carbocycles. The third-order valence-corrected chi connectivity index (χ3v) is 11.9. The summed E-state index contributed by atoms with van der Waals surface area (Å²) in [6.45, 7) is 4.02. The number of nitrogens with zero attached hydrogens (tertiary/aromatic N) is 11. The molecule has 1 aliphatic rings. The highest BCUT2D eigenvalue weighted by Gasteiger charge is 2.29. The zero-order chi connectivity index (χ0) is 70.1. The zero-order valence-corrected chi connectivity index (χ0v) is 56.5. The molecule has 9 aromatic rings. The number of ether oxygens (including phenoxy) is 5. The first-order chi connectivity index (χ1) is 43.7. The van der Waals surface area contributed by atoms with Crippen molar-refractivity contribution in [2.45, 2.75) is 20.0 Å². The quantitative estimate of drug-likeness (QED) is 0.0332. The molecule has 93 heavy (non-hydrogen) atoms. The molecule has 0 fully saturated rings. The number of methoxy groups -OCH3 is 4. The molecule has 6 N–H and O–H groups in total. The number of carbonyl (C=O) groups excluding carboxylic acids is 2. The van der Waals surface area contributed by atoms with Gasteiger partial charge in [-0.15, -0.1) is 0 Å². The second-order valence-electron chi connectivity index (χ2n) is 18.8. The van der Waals surface area contributed by atoms with Crippen LogP contribution in [0.25, 0.3) is 43.6 Å². The molecule has 38 heteroatoms. The van der Waals surface area contributed by atoms with Crippen LogP contribution in [0.2, 0.25) is 5.15 Å². The molecule has 0 amide bonds. The predicted molar refractivity (Wildman–Crippen MR) is 352 cm³/mol. The van der Waals surface area contributed by atoms with E-state index in [0.717, 1.165) is 33.3 Å². The van der Waals surface area contributed by atoms with E-state index >= 15 is 0 Å². The molecule has 0 unspecified atom stereocenters. The van der Waals surface area contributed by atoms with Gasteiger partial charge >= 0.3 is 35.2 Å². The molecule has 0 saturated heterocycles. The maximum atomic E-state index is 12.3. The van der Waals surface area contributed by atoms with Crippen molar-refractivity contribution < 1.29 is 65.0 Å². The van der Waals surface area contributed by atoms with Crippen LogP contribution in [0, 0.1) is 0 Å². The van der Waals surface area contributed by atoms with Crippen LogP contribution in [0.4, 0.5) is 0 Å². The van der Waals surface area contributed by atoms with Gasteiger partial charge in [0.25, 0.3) is 22.2 Å². The van der Waals surface area contributed by atoms with Gasteiger partial charge in [-0.2, -0.15) is 18.6 Å². The van der Waals surface area contributed by atoms with Gasteiger partial charge in [-0.3, -0.25) is 62.6 Å². The molecule has 499 valence electrons. The summed E-state index contributed by atoms with van der Waals surface area (Å²) in [4.78, 5) is 87.6. The van der Waals surface area contributed by atoms with Crippen molar-refractivity contribution in [3.05, 3.63) is 167 Å². The van der Waals surface area contributed by atoms with E-state index in [-0.39, 0.29) is 27.8 Å². The highest BCUT2D eigenvalue weighted by molar-refractivity contribution is 8.24. The number of cyclic esters (lactones) is 2. The number of benzene rings is 2. The van der Waals surface area contributed by atoms with Gasteiger partial charge in [0.1, 0.15) is 28.7 Å². The number of nitrogens with one attached hydrogen (secondary N) is 1. The number of esters is 2. The minimum absolute atomic E-state index is 0.181. The summed E-state index contributed by atoms with van der Waals surface area (Å²) in [7, 11) is 15.0.